The molecular weight excluding hydrogens is 328 g/mol. The SMILES string of the molecule is COc1ccc(CN2CC3(C2)OCCC3COCc2cccnc2)cc1. The average molecular weight is 354 g/mol. The topological polar surface area (TPSA) is 43.8 Å². The van der Waals surface area contributed by atoms with Gasteiger partial charge in [-0.05, 0) is 35.7 Å². The van der Waals surface area contributed by atoms with Gasteiger partial charge in [-0.25, -0.2) is 0 Å². The quantitative estimate of drug-likeness (QED) is 0.765. The maximum atomic E-state index is 6.14. The number of benzene rings is 1. The van der Waals surface area contributed by atoms with Crippen LogP contribution in [0.5, 0.6) is 5.75 Å². The molecule has 138 valence electrons. The first-order valence-electron chi connectivity index (χ1n) is 9.23. The minimum Gasteiger partial charge on any atom is -0.497 e. The van der Waals surface area contributed by atoms with Crippen LogP contribution in [0.25, 0.3) is 0 Å². The molecule has 4 rings (SSSR count). The van der Waals surface area contributed by atoms with Crippen molar-refractivity contribution >= 4 is 0 Å². The van der Waals surface area contributed by atoms with Crippen LogP contribution in [-0.4, -0.2) is 48.9 Å². The van der Waals surface area contributed by atoms with E-state index in [0.29, 0.717) is 12.5 Å². The van der Waals surface area contributed by atoms with E-state index in [4.69, 9.17) is 14.2 Å². The van der Waals surface area contributed by atoms with Gasteiger partial charge < -0.3 is 14.2 Å². The number of hydrogen-bond acceptors (Lipinski definition) is 5. The van der Waals surface area contributed by atoms with E-state index in [1.165, 1.54) is 5.56 Å². The van der Waals surface area contributed by atoms with E-state index in [1.807, 2.05) is 30.5 Å². The molecule has 0 amide bonds. The summed E-state index contributed by atoms with van der Waals surface area (Å²) >= 11 is 0. The van der Waals surface area contributed by atoms with Crippen LogP contribution in [0.3, 0.4) is 0 Å². The third-order valence-electron chi connectivity index (χ3n) is 5.46. The zero-order valence-electron chi connectivity index (χ0n) is 15.3. The van der Waals surface area contributed by atoms with Gasteiger partial charge in [-0.3, -0.25) is 9.88 Å². The van der Waals surface area contributed by atoms with Crippen molar-refractivity contribution in [1.82, 2.24) is 9.88 Å². The van der Waals surface area contributed by atoms with Gasteiger partial charge in [-0.1, -0.05) is 18.2 Å². The van der Waals surface area contributed by atoms with Gasteiger partial charge in [0.1, 0.15) is 5.75 Å². The number of ether oxygens (including phenoxy) is 3. The molecule has 3 heterocycles. The van der Waals surface area contributed by atoms with Crippen molar-refractivity contribution in [3.8, 4) is 5.75 Å². The Morgan fingerprint density at radius 1 is 1.19 bits per heavy atom. The third-order valence-corrected chi connectivity index (χ3v) is 5.46. The normalized spacial score (nSPS) is 21.7. The van der Waals surface area contributed by atoms with Gasteiger partial charge in [0.25, 0.3) is 0 Å². The first kappa shape index (κ1) is 17.5. The van der Waals surface area contributed by atoms with Gasteiger partial charge >= 0.3 is 0 Å². The number of hydrogen-bond donors (Lipinski definition) is 0. The fraction of sp³-hybridized carbons (Fsp3) is 0.476. The predicted octanol–water partition coefficient (Wildman–Crippen LogP) is 2.90. The number of nitrogens with zero attached hydrogens (tertiary/aromatic N) is 2. The Labute approximate surface area is 154 Å². The molecule has 0 N–H and O–H groups in total. The standard InChI is InChI=1S/C21H26N2O3/c1-24-20-6-4-17(5-7-20)12-23-15-21(16-23)19(8-10-26-21)14-25-13-18-3-2-9-22-11-18/h2-7,9,11,19H,8,10,12-16H2,1H3. The summed E-state index contributed by atoms with van der Waals surface area (Å²) in [5.74, 6) is 1.38. The molecule has 2 aliphatic heterocycles. The molecule has 2 saturated heterocycles. The number of methoxy groups -OCH3 is 1. The molecule has 2 fully saturated rings. The van der Waals surface area contributed by atoms with E-state index in [-0.39, 0.29) is 5.60 Å². The van der Waals surface area contributed by atoms with Gasteiger partial charge in [0.15, 0.2) is 0 Å². The lowest BCUT2D eigenvalue weighted by Gasteiger charge is -2.50. The molecule has 1 aromatic carbocycles. The molecule has 1 spiro atoms. The fourth-order valence-electron chi connectivity index (χ4n) is 3.98. The highest BCUT2D eigenvalue weighted by molar-refractivity contribution is 5.27. The second-order valence-electron chi connectivity index (χ2n) is 7.27. The minimum absolute atomic E-state index is 0.0125. The van der Waals surface area contributed by atoms with Crippen molar-refractivity contribution in [1.29, 1.82) is 0 Å². The average Bonchev–Trinajstić information content (AvgIpc) is 3.07. The Hall–Kier alpha value is -1.95. The van der Waals surface area contributed by atoms with Crippen LogP contribution in [0.1, 0.15) is 17.5 Å². The van der Waals surface area contributed by atoms with Crippen molar-refractivity contribution in [3.05, 3.63) is 59.9 Å². The van der Waals surface area contributed by atoms with E-state index in [9.17, 15) is 0 Å². The Kier molecular flexibility index (Phi) is 5.20. The Balaban J connectivity index is 1.26. The molecule has 0 bridgehead atoms. The second kappa shape index (κ2) is 7.74. The summed E-state index contributed by atoms with van der Waals surface area (Å²) in [7, 11) is 1.70. The molecule has 2 aliphatic rings. The predicted molar refractivity (Wildman–Crippen MR) is 99.0 cm³/mol. The van der Waals surface area contributed by atoms with Crippen molar-refractivity contribution in [3.63, 3.8) is 0 Å². The Morgan fingerprint density at radius 3 is 2.77 bits per heavy atom. The molecule has 0 saturated carbocycles. The second-order valence-corrected chi connectivity index (χ2v) is 7.27. The van der Waals surface area contributed by atoms with Crippen molar-refractivity contribution in [2.45, 2.75) is 25.2 Å². The fourth-order valence-corrected chi connectivity index (χ4v) is 3.98. The van der Waals surface area contributed by atoms with Gasteiger partial charge in [0.2, 0.25) is 0 Å². The molecule has 2 aromatic rings. The van der Waals surface area contributed by atoms with Gasteiger partial charge in [-0.15, -0.1) is 0 Å². The molecule has 1 aromatic heterocycles. The maximum absolute atomic E-state index is 6.14. The Morgan fingerprint density at radius 2 is 2.04 bits per heavy atom. The van der Waals surface area contributed by atoms with Gasteiger partial charge in [-0.2, -0.15) is 0 Å². The molecule has 0 radical (unpaired) electrons. The largest absolute Gasteiger partial charge is 0.497 e. The zero-order chi connectivity index (χ0) is 17.8. The van der Waals surface area contributed by atoms with Crippen LogP contribution in [0.4, 0.5) is 0 Å². The van der Waals surface area contributed by atoms with Crippen LogP contribution in [0.2, 0.25) is 0 Å². The molecule has 26 heavy (non-hydrogen) atoms. The summed E-state index contributed by atoms with van der Waals surface area (Å²) in [6, 6.07) is 12.3. The lowest BCUT2D eigenvalue weighted by molar-refractivity contribution is -0.146. The highest BCUT2D eigenvalue weighted by atomic mass is 16.5. The van der Waals surface area contributed by atoms with E-state index in [0.717, 1.165) is 50.6 Å². The summed E-state index contributed by atoms with van der Waals surface area (Å²) in [6.45, 7) is 5.15. The highest BCUT2D eigenvalue weighted by Crippen LogP contribution is 2.40. The summed E-state index contributed by atoms with van der Waals surface area (Å²) in [4.78, 5) is 6.58. The molecule has 0 aliphatic carbocycles. The molecule has 5 nitrogen and oxygen atoms in total. The van der Waals surface area contributed by atoms with E-state index >= 15 is 0 Å². The molecule has 1 unspecified atom stereocenters. The van der Waals surface area contributed by atoms with Crippen LogP contribution in [0.15, 0.2) is 48.8 Å². The third kappa shape index (κ3) is 3.75. The molecular formula is C21H26N2O3. The first-order valence-corrected chi connectivity index (χ1v) is 9.23. The number of likely N-dealkylation sites (tertiary alicyclic amines) is 1. The van der Waals surface area contributed by atoms with E-state index in [1.54, 1.807) is 13.3 Å². The maximum Gasteiger partial charge on any atom is 0.118 e. The Bertz CT molecular complexity index is 699. The van der Waals surface area contributed by atoms with Crippen LogP contribution in [0, 0.1) is 5.92 Å². The monoisotopic (exact) mass is 354 g/mol. The number of pyridine rings is 1. The molecule has 5 heteroatoms. The summed E-state index contributed by atoms with van der Waals surface area (Å²) in [5, 5.41) is 0. The van der Waals surface area contributed by atoms with Crippen LogP contribution < -0.4 is 4.74 Å². The summed E-state index contributed by atoms with van der Waals surface area (Å²) in [5.41, 5.74) is 2.42. The summed E-state index contributed by atoms with van der Waals surface area (Å²) < 4.78 is 17.3. The van der Waals surface area contributed by atoms with E-state index < -0.39 is 0 Å². The smallest absolute Gasteiger partial charge is 0.118 e. The number of aromatic nitrogens is 1. The van der Waals surface area contributed by atoms with Crippen LogP contribution in [-0.2, 0) is 22.6 Å². The minimum atomic E-state index is -0.0125. The first-order chi connectivity index (χ1) is 12.8. The van der Waals surface area contributed by atoms with Crippen LogP contribution >= 0.6 is 0 Å². The van der Waals surface area contributed by atoms with E-state index in [2.05, 4.69) is 22.0 Å². The number of rotatable bonds is 7. The van der Waals surface area contributed by atoms with Crippen molar-refractivity contribution in [2.75, 3.05) is 33.4 Å². The zero-order valence-corrected chi connectivity index (χ0v) is 15.3. The summed E-state index contributed by atoms with van der Waals surface area (Å²) in [6.07, 6.45) is 4.74. The van der Waals surface area contributed by atoms with Gasteiger partial charge in [0, 0.05) is 44.6 Å². The highest BCUT2D eigenvalue weighted by Gasteiger charge is 2.52. The van der Waals surface area contributed by atoms with Crippen molar-refractivity contribution < 1.29 is 14.2 Å². The van der Waals surface area contributed by atoms with Crippen molar-refractivity contribution in [2.24, 2.45) is 5.92 Å². The van der Waals surface area contributed by atoms with Gasteiger partial charge in [0.05, 0.1) is 25.9 Å². The lowest BCUT2D eigenvalue weighted by atomic mass is 9.81. The molecule has 1 atom stereocenters. The lowest BCUT2D eigenvalue weighted by Crippen LogP contribution is -2.64.